The zero-order valence-corrected chi connectivity index (χ0v) is 29.3. The van der Waals surface area contributed by atoms with Crippen LogP contribution in [0.1, 0.15) is 103 Å². The molecule has 0 aliphatic heterocycles. The quantitative estimate of drug-likeness (QED) is 0.0735. The van der Waals surface area contributed by atoms with Crippen LogP contribution in [0.4, 0.5) is 0 Å². The fourth-order valence-electron chi connectivity index (χ4n) is 5.37. The number of rotatable bonds is 15. The third-order valence-corrected chi connectivity index (χ3v) is 11.1. The van der Waals surface area contributed by atoms with Crippen LogP contribution < -0.4 is 0 Å². The summed E-state index contributed by atoms with van der Waals surface area (Å²) in [6.45, 7) is 9.01. The van der Waals surface area contributed by atoms with Gasteiger partial charge >= 0.3 is 0 Å². The highest BCUT2D eigenvalue weighted by atomic mass is 32.2. The van der Waals surface area contributed by atoms with Gasteiger partial charge in [-0.15, -0.1) is 0 Å². The van der Waals surface area contributed by atoms with E-state index in [0.29, 0.717) is 12.0 Å². The van der Waals surface area contributed by atoms with Crippen LogP contribution in [0.15, 0.2) is 129 Å². The van der Waals surface area contributed by atoms with E-state index in [-0.39, 0.29) is 21.2 Å². The molecule has 0 fully saturated rings. The Bertz CT molecular complexity index is 1440. The largest absolute Gasteiger partial charge is 0.744 e. The Morgan fingerprint density at radius 2 is 0.978 bits per heavy atom. The van der Waals surface area contributed by atoms with Crippen LogP contribution in [0.2, 0.25) is 0 Å². The molecule has 0 aliphatic carbocycles. The van der Waals surface area contributed by atoms with Crippen LogP contribution >= 0.6 is 0 Å². The number of hydrogen-bond acceptors (Lipinski definition) is 3. The molecule has 4 rings (SSSR count). The molecule has 45 heavy (non-hydrogen) atoms. The summed E-state index contributed by atoms with van der Waals surface area (Å²) in [5.41, 5.74) is 2.24. The SMILES string of the molecule is CC(C)(C)c1ccc([S+](c2ccccc2)c2ccccc2)cc1.CCCCCCCCCCCCc1ccccc1S(=O)(=O)[O-]. The van der Waals surface area contributed by atoms with E-state index in [0.717, 1.165) is 12.8 Å². The van der Waals surface area contributed by atoms with Gasteiger partial charge in [0, 0.05) is 0 Å². The number of benzene rings is 4. The second-order valence-corrected chi connectivity index (χ2v) is 16.1. The number of aryl methyl sites for hydroxylation is 1. The zero-order chi connectivity index (χ0) is 32.5. The van der Waals surface area contributed by atoms with Crippen molar-refractivity contribution in [1.29, 1.82) is 0 Å². The van der Waals surface area contributed by atoms with Crippen LogP contribution in [0, 0.1) is 0 Å². The smallest absolute Gasteiger partial charge is 0.166 e. The van der Waals surface area contributed by atoms with Gasteiger partial charge in [-0.25, -0.2) is 8.42 Å². The van der Waals surface area contributed by atoms with Crippen LogP contribution in [0.5, 0.6) is 0 Å². The van der Waals surface area contributed by atoms with Crippen LogP contribution in [-0.2, 0) is 32.8 Å². The summed E-state index contributed by atoms with van der Waals surface area (Å²) >= 11 is 0. The number of hydrogen-bond donors (Lipinski definition) is 0. The summed E-state index contributed by atoms with van der Waals surface area (Å²) in [4.78, 5) is 4.05. The molecule has 0 N–H and O–H groups in total. The predicted octanol–water partition coefficient (Wildman–Crippen LogP) is 11.1. The molecule has 0 amide bonds. The maximum Gasteiger partial charge on any atom is 0.166 e. The Hall–Kier alpha value is -2.86. The van der Waals surface area contributed by atoms with E-state index in [1.807, 2.05) is 0 Å². The first kappa shape index (κ1) is 36.6. The normalized spacial score (nSPS) is 11.7. The van der Waals surface area contributed by atoms with Gasteiger partial charge < -0.3 is 4.55 Å². The number of unbranched alkanes of at least 4 members (excludes halogenated alkanes) is 9. The lowest BCUT2D eigenvalue weighted by Gasteiger charge is -2.19. The minimum Gasteiger partial charge on any atom is -0.744 e. The van der Waals surface area contributed by atoms with E-state index >= 15 is 0 Å². The van der Waals surface area contributed by atoms with Gasteiger partial charge in [0.15, 0.2) is 14.7 Å². The highest BCUT2D eigenvalue weighted by Crippen LogP contribution is 2.32. The Kier molecular flexibility index (Phi) is 15.4. The van der Waals surface area contributed by atoms with E-state index in [2.05, 4.69) is 113 Å². The van der Waals surface area contributed by atoms with E-state index in [1.54, 1.807) is 18.2 Å². The molecule has 0 aromatic heterocycles. The molecule has 5 heteroatoms. The van der Waals surface area contributed by atoms with Gasteiger partial charge in [-0.2, -0.15) is 0 Å². The topological polar surface area (TPSA) is 57.2 Å². The summed E-state index contributed by atoms with van der Waals surface area (Å²) in [5.74, 6) is 0. The lowest BCUT2D eigenvalue weighted by atomic mass is 9.87. The molecule has 0 bridgehead atoms. The first-order valence-electron chi connectivity index (χ1n) is 16.6. The molecule has 4 aromatic carbocycles. The summed E-state index contributed by atoms with van der Waals surface area (Å²) < 4.78 is 33.5. The van der Waals surface area contributed by atoms with E-state index in [9.17, 15) is 13.0 Å². The highest BCUT2D eigenvalue weighted by Gasteiger charge is 2.28. The second kappa shape index (κ2) is 19.0. The zero-order valence-electron chi connectivity index (χ0n) is 27.7. The van der Waals surface area contributed by atoms with Crippen LogP contribution in [-0.4, -0.2) is 13.0 Å². The summed E-state index contributed by atoms with van der Waals surface area (Å²) in [6, 6.07) is 37.3. The van der Waals surface area contributed by atoms with Gasteiger partial charge in [0.1, 0.15) is 10.1 Å². The van der Waals surface area contributed by atoms with Crippen LogP contribution in [0.3, 0.4) is 0 Å². The summed E-state index contributed by atoms with van der Waals surface area (Å²) in [7, 11) is -4.40. The van der Waals surface area contributed by atoms with Crippen molar-refractivity contribution in [3.63, 3.8) is 0 Å². The van der Waals surface area contributed by atoms with Crippen LogP contribution in [0.25, 0.3) is 0 Å². The Labute approximate surface area is 276 Å². The molecular formula is C40H52O3S2. The van der Waals surface area contributed by atoms with Crippen molar-refractivity contribution in [2.24, 2.45) is 0 Å². The second-order valence-electron chi connectivity index (χ2n) is 12.7. The van der Waals surface area contributed by atoms with Gasteiger partial charge in [-0.05, 0) is 71.8 Å². The third-order valence-electron chi connectivity index (χ3n) is 7.96. The lowest BCUT2D eigenvalue weighted by molar-refractivity contribution is 0.461. The third kappa shape index (κ3) is 12.8. The minimum atomic E-state index is -4.35. The van der Waals surface area contributed by atoms with Crippen molar-refractivity contribution < 1.29 is 13.0 Å². The van der Waals surface area contributed by atoms with Gasteiger partial charge in [0.2, 0.25) is 0 Å². The van der Waals surface area contributed by atoms with Crippen molar-refractivity contribution in [3.8, 4) is 0 Å². The van der Waals surface area contributed by atoms with Gasteiger partial charge in [-0.3, -0.25) is 0 Å². The van der Waals surface area contributed by atoms with Gasteiger partial charge in [0.25, 0.3) is 0 Å². The Morgan fingerprint density at radius 1 is 0.556 bits per heavy atom. The molecule has 0 saturated carbocycles. The standard InChI is InChI=1S/C22H23S.C18H30O3S/c1-22(2,3)18-14-16-21(17-15-18)23(19-10-6-4-7-11-19)20-12-8-5-9-13-20;1-2-3-4-5-6-7-8-9-10-11-14-17-15-12-13-16-18(17)22(19,20)21/h4-17H,1-3H3;12-13,15-16H,2-11,14H2,1H3,(H,19,20,21)/q+1;/p-1. The van der Waals surface area contributed by atoms with Gasteiger partial charge in [-0.1, -0.05) is 152 Å². The maximum absolute atomic E-state index is 11.2. The van der Waals surface area contributed by atoms with E-state index in [1.165, 1.54) is 77.7 Å². The maximum atomic E-state index is 11.2. The Morgan fingerprint density at radius 3 is 1.44 bits per heavy atom. The molecular weight excluding hydrogens is 593 g/mol. The highest BCUT2D eigenvalue weighted by molar-refractivity contribution is 7.97. The fourth-order valence-corrected chi connectivity index (χ4v) is 8.19. The molecule has 4 aromatic rings. The lowest BCUT2D eigenvalue weighted by Crippen LogP contribution is -2.11. The first-order valence-corrected chi connectivity index (χ1v) is 19.2. The van der Waals surface area contributed by atoms with Crippen molar-refractivity contribution in [2.75, 3.05) is 0 Å². The molecule has 3 nitrogen and oxygen atoms in total. The molecule has 0 aliphatic rings. The molecule has 0 atom stereocenters. The molecule has 0 saturated heterocycles. The average molecular weight is 645 g/mol. The Balaban J connectivity index is 0.000000246. The molecule has 0 unspecified atom stereocenters. The molecule has 0 heterocycles. The van der Waals surface area contributed by atoms with Crippen molar-refractivity contribution >= 4 is 21.0 Å². The van der Waals surface area contributed by atoms with Gasteiger partial charge in [0.05, 0.1) is 15.8 Å². The monoisotopic (exact) mass is 644 g/mol. The molecule has 0 radical (unpaired) electrons. The predicted molar refractivity (Wildman–Crippen MR) is 190 cm³/mol. The fraction of sp³-hybridized carbons (Fsp3) is 0.400. The van der Waals surface area contributed by atoms with E-state index < -0.39 is 10.1 Å². The average Bonchev–Trinajstić information content (AvgIpc) is 3.03. The summed E-state index contributed by atoms with van der Waals surface area (Å²) in [6.07, 6.45) is 13.2. The molecule has 0 spiro atoms. The minimum absolute atomic E-state index is 0.0497. The summed E-state index contributed by atoms with van der Waals surface area (Å²) in [5, 5.41) is 0. The van der Waals surface area contributed by atoms with E-state index in [4.69, 9.17) is 0 Å². The van der Waals surface area contributed by atoms with Crippen molar-refractivity contribution in [1.82, 2.24) is 0 Å². The van der Waals surface area contributed by atoms with Crippen molar-refractivity contribution in [2.45, 2.75) is 123 Å². The molecule has 242 valence electrons. The van der Waals surface area contributed by atoms with Crippen molar-refractivity contribution in [3.05, 3.63) is 120 Å². The first-order chi connectivity index (χ1) is 21.6.